The summed E-state index contributed by atoms with van der Waals surface area (Å²) in [4.78, 5) is 16.3. The quantitative estimate of drug-likeness (QED) is 0.730. The molecule has 3 rings (SSSR count). The Hall–Kier alpha value is -3.29. The molecule has 1 heterocycles. The van der Waals surface area contributed by atoms with Crippen molar-refractivity contribution in [1.82, 2.24) is 4.98 Å². The van der Waals surface area contributed by atoms with Crippen LogP contribution in [0, 0.1) is 0 Å². The number of carbonyl (C=O) groups excluding carboxylic acids is 1. The molecule has 0 spiro atoms. The number of hydrogen-bond donors (Lipinski definition) is 1. The number of rotatable bonds is 5. The summed E-state index contributed by atoms with van der Waals surface area (Å²) >= 11 is 0. The topological polar surface area (TPSA) is 64.4 Å². The standard InChI is InChI=1S/C18H13F3N2O3/c19-18(20,21)26-15-9-5-4-8-14(15)23-16(24)10-13-11-25-17(22-13)12-6-2-1-3-7-12/h1-9,11H,10H2,(H,23,24). The molecule has 0 unspecified atom stereocenters. The van der Waals surface area contributed by atoms with E-state index < -0.39 is 18.0 Å². The van der Waals surface area contributed by atoms with Gasteiger partial charge in [0, 0.05) is 5.56 Å². The molecular weight excluding hydrogens is 349 g/mol. The molecule has 0 saturated heterocycles. The average Bonchev–Trinajstić information content (AvgIpc) is 3.04. The first kappa shape index (κ1) is 17.5. The number of nitrogens with zero attached hydrogens (tertiary/aromatic N) is 1. The molecule has 1 amide bonds. The van der Waals surface area contributed by atoms with Crippen molar-refractivity contribution in [2.45, 2.75) is 12.8 Å². The number of anilines is 1. The van der Waals surface area contributed by atoms with Crippen molar-refractivity contribution in [2.24, 2.45) is 0 Å². The highest BCUT2D eigenvalue weighted by Crippen LogP contribution is 2.30. The lowest BCUT2D eigenvalue weighted by Gasteiger charge is -2.13. The molecule has 5 nitrogen and oxygen atoms in total. The monoisotopic (exact) mass is 362 g/mol. The molecule has 0 fully saturated rings. The van der Waals surface area contributed by atoms with Gasteiger partial charge in [0.15, 0.2) is 5.75 Å². The van der Waals surface area contributed by atoms with Crippen molar-refractivity contribution in [3.63, 3.8) is 0 Å². The number of ether oxygens (including phenoxy) is 1. The maximum atomic E-state index is 12.4. The number of aromatic nitrogens is 1. The zero-order chi connectivity index (χ0) is 18.6. The lowest BCUT2D eigenvalue weighted by molar-refractivity contribution is -0.274. The Balaban J connectivity index is 1.68. The van der Waals surface area contributed by atoms with Crippen LogP contribution >= 0.6 is 0 Å². The van der Waals surface area contributed by atoms with Crippen LogP contribution in [0.4, 0.5) is 18.9 Å². The molecule has 26 heavy (non-hydrogen) atoms. The summed E-state index contributed by atoms with van der Waals surface area (Å²) < 4.78 is 46.5. The first-order chi connectivity index (χ1) is 12.4. The summed E-state index contributed by atoms with van der Waals surface area (Å²) in [6.07, 6.45) is -3.67. The number of amides is 1. The van der Waals surface area contributed by atoms with Crippen LogP contribution in [0.25, 0.3) is 11.5 Å². The van der Waals surface area contributed by atoms with Gasteiger partial charge in [0.05, 0.1) is 17.8 Å². The number of halogens is 3. The van der Waals surface area contributed by atoms with Crippen LogP contribution in [0.2, 0.25) is 0 Å². The van der Waals surface area contributed by atoms with Gasteiger partial charge in [0.2, 0.25) is 11.8 Å². The van der Waals surface area contributed by atoms with E-state index in [1.807, 2.05) is 18.2 Å². The summed E-state index contributed by atoms with van der Waals surface area (Å²) in [5.74, 6) is -0.677. The third kappa shape index (κ3) is 4.62. The van der Waals surface area contributed by atoms with Crippen molar-refractivity contribution < 1.29 is 27.1 Å². The minimum Gasteiger partial charge on any atom is -0.444 e. The third-order valence-electron chi connectivity index (χ3n) is 3.30. The summed E-state index contributed by atoms with van der Waals surface area (Å²) in [6, 6.07) is 14.4. The highest BCUT2D eigenvalue weighted by molar-refractivity contribution is 5.93. The molecule has 0 radical (unpaired) electrons. The highest BCUT2D eigenvalue weighted by atomic mass is 19.4. The number of oxazole rings is 1. The van der Waals surface area contributed by atoms with Crippen LogP contribution < -0.4 is 10.1 Å². The van der Waals surface area contributed by atoms with Crippen LogP contribution in [0.15, 0.2) is 65.3 Å². The molecule has 8 heteroatoms. The fourth-order valence-electron chi connectivity index (χ4n) is 2.24. The molecule has 0 atom stereocenters. The van der Waals surface area contributed by atoms with Gasteiger partial charge in [0.1, 0.15) is 6.26 Å². The van der Waals surface area contributed by atoms with Gasteiger partial charge in [-0.25, -0.2) is 4.98 Å². The summed E-state index contributed by atoms with van der Waals surface area (Å²) in [5, 5.41) is 2.39. The van der Waals surface area contributed by atoms with Crippen LogP contribution in [0.5, 0.6) is 5.75 Å². The van der Waals surface area contributed by atoms with Crippen molar-refractivity contribution in [3.05, 3.63) is 66.6 Å². The Bertz CT molecular complexity index is 892. The van der Waals surface area contributed by atoms with Crippen LogP contribution in [-0.2, 0) is 11.2 Å². The van der Waals surface area contributed by atoms with Gasteiger partial charge in [-0.05, 0) is 24.3 Å². The van der Waals surface area contributed by atoms with E-state index >= 15 is 0 Å². The van der Waals surface area contributed by atoms with Gasteiger partial charge < -0.3 is 14.5 Å². The largest absolute Gasteiger partial charge is 0.573 e. The predicted molar refractivity (Wildman–Crippen MR) is 87.4 cm³/mol. The first-order valence-electron chi connectivity index (χ1n) is 7.55. The Morgan fingerprint density at radius 2 is 1.77 bits per heavy atom. The number of benzene rings is 2. The molecule has 2 aromatic carbocycles. The van der Waals surface area contributed by atoms with Gasteiger partial charge in [-0.1, -0.05) is 30.3 Å². The minimum absolute atomic E-state index is 0.0818. The number of nitrogens with one attached hydrogen (secondary N) is 1. The first-order valence-corrected chi connectivity index (χ1v) is 7.55. The zero-order valence-electron chi connectivity index (χ0n) is 13.3. The Kier molecular flexibility index (Phi) is 4.92. The van der Waals surface area contributed by atoms with Crippen molar-refractivity contribution in [1.29, 1.82) is 0 Å². The Morgan fingerprint density at radius 3 is 2.50 bits per heavy atom. The number of carbonyl (C=O) groups is 1. The summed E-state index contributed by atoms with van der Waals surface area (Å²) in [6.45, 7) is 0. The smallest absolute Gasteiger partial charge is 0.444 e. The molecule has 0 aliphatic rings. The molecule has 0 aliphatic heterocycles. The Morgan fingerprint density at radius 1 is 1.08 bits per heavy atom. The molecule has 1 aromatic heterocycles. The second-order valence-electron chi connectivity index (χ2n) is 5.28. The molecular formula is C18H13F3N2O3. The Labute approximate surface area is 146 Å². The SMILES string of the molecule is O=C(Cc1coc(-c2ccccc2)n1)Nc1ccccc1OC(F)(F)F. The molecule has 1 N–H and O–H groups in total. The van der Waals surface area contributed by atoms with Crippen LogP contribution in [0.1, 0.15) is 5.69 Å². The second-order valence-corrected chi connectivity index (χ2v) is 5.28. The van der Waals surface area contributed by atoms with E-state index in [9.17, 15) is 18.0 Å². The van der Waals surface area contributed by atoms with Crippen molar-refractivity contribution in [3.8, 4) is 17.2 Å². The van der Waals surface area contributed by atoms with Gasteiger partial charge in [-0.15, -0.1) is 13.2 Å². The van der Waals surface area contributed by atoms with E-state index in [0.29, 0.717) is 11.6 Å². The molecule has 0 aliphatic carbocycles. The molecule has 134 valence electrons. The van der Waals surface area contributed by atoms with Crippen molar-refractivity contribution >= 4 is 11.6 Å². The fraction of sp³-hybridized carbons (Fsp3) is 0.111. The van der Waals surface area contributed by atoms with Gasteiger partial charge in [-0.2, -0.15) is 0 Å². The average molecular weight is 362 g/mol. The number of para-hydroxylation sites is 2. The normalized spacial score (nSPS) is 11.2. The lowest BCUT2D eigenvalue weighted by atomic mass is 10.2. The second kappa shape index (κ2) is 7.30. The van der Waals surface area contributed by atoms with E-state index in [1.165, 1.54) is 24.5 Å². The van der Waals surface area contributed by atoms with E-state index in [1.54, 1.807) is 12.1 Å². The third-order valence-corrected chi connectivity index (χ3v) is 3.30. The van der Waals surface area contributed by atoms with E-state index in [0.717, 1.165) is 11.6 Å². The molecule has 3 aromatic rings. The van der Waals surface area contributed by atoms with Crippen LogP contribution in [-0.4, -0.2) is 17.3 Å². The van der Waals surface area contributed by atoms with E-state index in [4.69, 9.17) is 4.42 Å². The highest BCUT2D eigenvalue weighted by Gasteiger charge is 2.32. The predicted octanol–water partition coefficient (Wildman–Crippen LogP) is 4.42. The zero-order valence-corrected chi connectivity index (χ0v) is 13.3. The fourth-order valence-corrected chi connectivity index (χ4v) is 2.24. The number of alkyl halides is 3. The van der Waals surface area contributed by atoms with Crippen molar-refractivity contribution in [2.75, 3.05) is 5.32 Å². The van der Waals surface area contributed by atoms with Gasteiger partial charge in [0.25, 0.3) is 0 Å². The minimum atomic E-state index is -4.85. The number of hydrogen-bond acceptors (Lipinski definition) is 4. The van der Waals surface area contributed by atoms with Crippen LogP contribution in [0.3, 0.4) is 0 Å². The van der Waals surface area contributed by atoms with E-state index in [-0.39, 0.29) is 12.1 Å². The summed E-state index contributed by atoms with van der Waals surface area (Å²) in [5.41, 5.74) is 1.03. The van der Waals surface area contributed by atoms with E-state index in [2.05, 4.69) is 15.0 Å². The maximum absolute atomic E-state index is 12.4. The van der Waals surface area contributed by atoms with Gasteiger partial charge in [-0.3, -0.25) is 4.79 Å². The van der Waals surface area contributed by atoms with Gasteiger partial charge >= 0.3 is 6.36 Å². The molecule has 0 bridgehead atoms. The lowest BCUT2D eigenvalue weighted by Crippen LogP contribution is -2.20. The molecule has 0 saturated carbocycles. The maximum Gasteiger partial charge on any atom is 0.573 e. The summed E-state index contributed by atoms with van der Waals surface area (Å²) in [7, 11) is 0.